The highest BCUT2D eigenvalue weighted by atomic mass is 32.1. The molecule has 5 rings (SSSR count). The molecule has 3 fully saturated rings. The van der Waals surface area contributed by atoms with E-state index in [0.717, 1.165) is 24.3 Å². The van der Waals surface area contributed by atoms with Crippen molar-refractivity contribution in [3.8, 4) is 0 Å². The largest absolute Gasteiger partial charge is 0.348 e. The van der Waals surface area contributed by atoms with Gasteiger partial charge in [0, 0.05) is 37.1 Å². The average molecular weight is 347 g/mol. The first-order valence-corrected chi connectivity index (χ1v) is 10.8. The van der Waals surface area contributed by atoms with Gasteiger partial charge in [-0.2, -0.15) is 0 Å². The maximum absolute atomic E-state index is 6.03. The first-order chi connectivity index (χ1) is 11.7. The van der Waals surface area contributed by atoms with Gasteiger partial charge in [0.2, 0.25) is 0 Å². The van der Waals surface area contributed by atoms with Crippen molar-refractivity contribution >= 4 is 16.5 Å². The molecule has 2 aliphatic heterocycles. The van der Waals surface area contributed by atoms with Gasteiger partial charge in [0.05, 0.1) is 5.69 Å². The standard InChI is InChI=1S/C19H30N4S/c20-16-3-1-13(2-4-16)5-7-22-8-6-18-17(12-22)21-19(24-18)23-10-14-9-15(14)11-23/h13-16H,1-12,20H2/t13-,14?,15?,16-. The van der Waals surface area contributed by atoms with Crippen molar-refractivity contribution in [2.45, 2.75) is 57.5 Å². The fourth-order valence-electron chi connectivity index (χ4n) is 4.96. The summed E-state index contributed by atoms with van der Waals surface area (Å²) in [6.07, 6.45) is 9.21. The summed E-state index contributed by atoms with van der Waals surface area (Å²) in [5.74, 6) is 2.89. The van der Waals surface area contributed by atoms with E-state index in [-0.39, 0.29) is 0 Å². The van der Waals surface area contributed by atoms with Crippen molar-refractivity contribution in [3.05, 3.63) is 10.6 Å². The van der Waals surface area contributed by atoms with Crippen LogP contribution >= 0.6 is 11.3 Å². The lowest BCUT2D eigenvalue weighted by atomic mass is 9.84. The predicted molar refractivity (Wildman–Crippen MR) is 99.5 cm³/mol. The lowest BCUT2D eigenvalue weighted by Crippen LogP contribution is -2.33. The number of hydrogen-bond donors (Lipinski definition) is 1. The highest BCUT2D eigenvalue weighted by molar-refractivity contribution is 7.15. The van der Waals surface area contributed by atoms with Gasteiger partial charge < -0.3 is 10.6 Å². The number of nitrogens with zero attached hydrogens (tertiary/aromatic N) is 3. The van der Waals surface area contributed by atoms with E-state index in [1.54, 1.807) is 4.88 Å². The number of rotatable bonds is 4. The smallest absolute Gasteiger partial charge is 0.185 e. The zero-order valence-electron chi connectivity index (χ0n) is 14.6. The van der Waals surface area contributed by atoms with E-state index in [1.807, 2.05) is 11.3 Å². The molecule has 2 unspecified atom stereocenters. The third-order valence-corrected chi connectivity index (χ3v) is 8.01. The summed E-state index contributed by atoms with van der Waals surface area (Å²) in [6, 6.07) is 0.476. The van der Waals surface area contributed by atoms with Crippen LogP contribution in [0, 0.1) is 17.8 Å². The van der Waals surface area contributed by atoms with Crippen LogP contribution < -0.4 is 10.6 Å². The molecule has 0 amide bonds. The molecule has 132 valence electrons. The zero-order valence-corrected chi connectivity index (χ0v) is 15.4. The van der Waals surface area contributed by atoms with E-state index in [1.165, 1.54) is 82.0 Å². The van der Waals surface area contributed by atoms with Crippen LogP contribution in [0.1, 0.15) is 49.1 Å². The highest BCUT2D eigenvalue weighted by Crippen LogP contribution is 2.47. The van der Waals surface area contributed by atoms with Crippen LogP contribution in [0.2, 0.25) is 0 Å². The van der Waals surface area contributed by atoms with Gasteiger partial charge in [-0.25, -0.2) is 4.98 Å². The molecule has 2 aliphatic carbocycles. The topological polar surface area (TPSA) is 45.4 Å². The van der Waals surface area contributed by atoms with Gasteiger partial charge in [0.25, 0.3) is 0 Å². The Bertz CT molecular complexity index is 582. The fraction of sp³-hybridized carbons (Fsp3) is 0.842. The number of piperidine rings is 1. The van der Waals surface area contributed by atoms with Crippen molar-refractivity contribution in [1.29, 1.82) is 0 Å². The Kier molecular flexibility index (Phi) is 4.07. The van der Waals surface area contributed by atoms with Crippen LogP contribution in [0.15, 0.2) is 0 Å². The number of nitrogens with two attached hydrogens (primary N) is 1. The van der Waals surface area contributed by atoms with E-state index in [4.69, 9.17) is 10.7 Å². The lowest BCUT2D eigenvalue weighted by Gasteiger charge is -2.30. The van der Waals surface area contributed by atoms with Crippen molar-refractivity contribution in [2.24, 2.45) is 23.5 Å². The Hall–Kier alpha value is -0.650. The molecule has 5 heteroatoms. The van der Waals surface area contributed by atoms with Crippen LogP contribution in [0.3, 0.4) is 0 Å². The molecule has 2 atom stereocenters. The zero-order chi connectivity index (χ0) is 16.1. The minimum absolute atomic E-state index is 0.476. The molecule has 1 aromatic rings. The van der Waals surface area contributed by atoms with E-state index in [2.05, 4.69) is 9.80 Å². The van der Waals surface area contributed by atoms with E-state index < -0.39 is 0 Å². The molecule has 0 bridgehead atoms. The number of aromatic nitrogens is 1. The molecule has 24 heavy (non-hydrogen) atoms. The Labute approximate surface area is 149 Å². The molecular formula is C19H30N4S. The van der Waals surface area contributed by atoms with Gasteiger partial charge in [0.15, 0.2) is 5.13 Å². The second-order valence-corrected chi connectivity index (χ2v) is 9.68. The third kappa shape index (κ3) is 3.11. The summed E-state index contributed by atoms with van der Waals surface area (Å²) < 4.78 is 0. The molecule has 2 saturated carbocycles. The van der Waals surface area contributed by atoms with Gasteiger partial charge in [-0.05, 0) is 69.2 Å². The lowest BCUT2D eigenvalue weighted by molar-refractivity contribution is 0.212. The van der Waals surface area contributed by atoms with Gasteiger partial charge in [-0.1, -0.05) is 0 Å². The van der Waals surface area contributed by atoms with Gasteiger partial charge in [-0.3, -0.25) is 4.90 Å². The maximum Gasteiger partial charge on any atom is 0.185 e. The summed E-state index contributed by atoms with van der Waals surface area (Å²) in [6.45, 7) is 6.10. The Balaban J connectivity index is 1.15. The van der Waals surface area contributed by atoms with Crippen molar-refractivity contribution in [2.75, 3.05) is 31.1 Å². The van der Waals surface area contributed by atoms with Gasteiger partial charge in [-0.15, -0.1) is 11.3 Å². The van der Waals surface area contributed by atoms with Crippen molar-refractivity contribution in [3.63, 3.8) is 0 Å². The second-order valence-electron chi connectivity index (χ2n) is 8.62. The quantitative estimate of drug-likeness (QED) is 0.910. The maximum atomic E-state index is 6.03. The molecule has 3 heterocycles. The van der Waals surface area contributed by atoms with Gasteiger partial charge in [0.1, 0.15) is 0 Å². The molecule has 4 nitrogen and oxygen atoms in total. The Morgan fingerprint density at radius 2 is 1.92 bits per heavy atom. The molecule has 0 aromatic carbocycles. The second kappa shape index (κ2) is 6.26. The minimum atomic E-state index is 0.476. The summed E-state index contributed by atoms with van der Waals surface area (Å²) in [5.41, 5.74) is 7.41. The Morgan fingerprint density at radius 1 is 1.12 bits per heavy atom. The minimum Gasteiger partial charge on any atom is -0.348 e. The predicted octanol–water partition coefficient (Wildman–Crippen LogP) is 2.86. The van der Waals surface area contributed by atoms with E-state index in [0.29, 0.717) is 6.04 Å². The van der Waals surface area contributed by atoms with Gasteiger partial charge >= 0.3 is 0 Å². The van der Waals surface area contributed by atoms with Crippen LogP contribution in [-0.2, 0) is 13.0 Å². The molecule has 2 N–H and O–H groups in total. The molecule has 4 aliphatic rings. The molecule has 1 saturated heterocycles. The SMILES string of the molecule is N[C@H]1CC[C@H](CCN2CCc3sc(N4CC5CC5C4)nc3C2)CC1. The number of hydrogen-bond acceptors (Lipinski definition) is 5. The normalized spacial score (nSPS) is 35.8. The first kappa shape index (κ1) is 15.6. The average Bonchev–Trinajstić information content (AvgIpc) is 3.03. The number of anilines is 1. The number of fused-ring (bicyclic) bond motifs is 2. The molecule has 0 radical (unpaired) electrons. The van der Waals surface area contributed by atoms with Crippen LogP contribution in [-0.4, -0.2) is 42.1 Å². The third-order valence-electron chi connectivity index (χ3n) is 6.79. The summed E-state index contributed by atoms with van der Waals surface area (Å²) in [5, 5.41) is 1.32. The first-order valence-electron chi connectivity index (χ1n) is 9.96. The molecule has 0 spiro atoms. The summed E-state index contributed by atoms with van der Waals surface area (Å²) in [4.78, 5) is 11.8. The number of thiazole rings is 1. The van der Waals surface area contributed by atoms with Crippen molar-refractivity contribution in [1.82, 2.24) is 9.88 Å². The van der Waals surface area contributed by atoms with E-state index in [9.17, 15) is 0 Å². The van der Waals surface area contributed by atoms with Crippen LogP contribution in [0.25, 0.3) is 0 Å². The van der Waals surface area contributed by atoms with Crippen LogP contribution in [0.4, 0.5) is 5.13 Å². The summed E-state index contributed by atoms with van der Waals surface area (Å²) >= 11 is 1.98. The molecular weight excluding hydrogens is 316 g/mol. The summed E-state index contributed by atoms with van der Waals surface area (Å²) in [7, 11) is 0. The molecule has 1 aromatic heterocycles. The van der Waals surface area contributed by atoms with Crippen molar-refractivity contribution < 1.29 is 0 Å². The van der Waals surface area contributed by atoms with E-state index >= 15 is 0 Å². The fourth-order valence-corrected chi connectivity index (χ4v) is 6.04. The highest BCUT2D eigenvalue weighted by Gasteiger charge is 2.46. The Morgan fingerprint density at radius 3 is 2.71 bits per heavy atom. The monoisotopic (exact) mass is 346 g/mol. The van der Waals surface area contributed by atoms with Crippen LogP contribution in [0.5, 0.6) is 0 Å².